The molecular formula is C24H32ClN5O5. The number of benzene rings is 1. The van der Waals surface area contributed by atoms with Gasteiger partial charge >= 0.3 is 0 Å². The van der Waals surface area contributed by atoms with E-state index in [1.165, 1.54) is 0 Å². The Morgan fingerprint density at radius 3 is 2.54 bits per heavy atom. The van der Waals surface area contributed by atoms with Crippen LogP contribution in [0.15, 0.2) is 22.8 Å². The molecule has 1 aromatic heterocycles. The second kappa shape index (κ2) is 10.9. The first-order valence-corrected chi connectivity index (χ1v) is 12.2. The van der Waals surface area contributed by atoms with Crippen LogP contribution in [-0.4, -0.2) is 102 Å². The van der Waals surface area contributed by atoms with Gasteiger partial charge in [-0.05, 0) is 44.7 Å². The van der Waals surface area contributed by atoms with Gasteiger partial charge in [-0.1, -0.05) is 21.9 Å². The van der Waals surface area contributed by atoms with Crippen LogP contribution >= 0.6 is 11.6 Å². The maximum Gasteiger partial charge on any atom is 0.228 e. The van der Waals surface area contributed by atoms with Crippen LogP contribution in [0.1, 0.15) is 23.4 Å². The summed E-state index contributed by atoms with van der Waals surface area (Å²) in [5, 5.41) is 8.23. The predicted octanol–water partition coefficient (Wildman–Crippen LogP) is 1.72. The largest absolute Gasteiger partial charge is 0.490 e. The lowest BCUT2D eigenvalue weighted by atomic mass is 9.96. The predicted molar refractivity (Wildman–Crippen MR) is 128 cm³/mol. The van der Waals surface area contributed by atoms with E-state index in [0.29, 0.717) is 48.4 Å². The van der Waals surface area contributed by atoms with Crippen LogP contribution < -0.4 is 4.74 Å². The Balaban J connectivity index is 1.50. The zero-order chi connectivity index (χ0) is 25.0. The Labute approximate surface area is 210 Å². The molecule has 35 heavy (non-hydrogen) atoms. The number of carbonyl (C=O) groups excluding carboxylic acids is 2. The van der Waals surface area contributed by atoms with Crippen LogP contribution in [0.3, 0.4) is 0 Å². The molecule has 4 rings (SSSR count). The van der Waals surface area contributed by atoms with Gasteiger partial charge in [0.1, 0.15) is 29.3 Å². The SMILES string of the molecule is Cc1cc(OC[C@]2(CC(=O)N3CCN(C)CC3)CN(C(=O)Cc3nonc3C)CCO2)ccc1Cl. The fourth-order valence-corrected chi connectivity index (χ4v) is 4.45. The third kappa shape index (κ3) is 6.31. The molecule has 2 fully saturated rings. The van der Waals surface area contributed by atoms with Gasteiger partial charge < -0.3 is 24.2 Å². The highest BCUT2D eigenvalue weighted by atomic mass is 35.5. The lowest BCUT2D eigenvalue weighted by molar-refractivity contribution is -0.166. The summed E-state index contributed by atoms with van der Waals surface area (Å²) >= 11 is 6.15. The zero-order valence-electron chi connectivity index (χ0n) is 20.5. The lowest BCUT2D eigenvalue weighted by Crippen LogP contribution is -2.59. The smallest absolute Gasteiger partial charge is 0.228 e. The molecule has 2 aliphatic heterocycles. The maximum atomic E-state index is 13.3. The fraction of sp³-hybridized carbons (Fsp3) is 0.583. The van der Waals surface area contributed by atoms with Gasteiger partial charge in [-0.3, -0.25) is 9.59 Å². The number of morpholine rings is 1. The quantitative estimate of drug-likeness (QED) is 0.560. The van der Waals surface area contributed by atoms with Crippen molar-refractivity contribution in [2.24, 2.45) is 0 Å². The number of carbonyl (C=O) groups is 2. The van der Waals surface area contributed by atoms with Crippen LogP contribution in [0.2, 0.25) is 5.02 Å². The molecule has 3 heterocycles. The summed E-state index contributed by atoms with van der Waals surface area (Å²) in [6.07, 6.45) is 0.201. The first-order chi connectivity index (χ1) is 16.7. The van der Waals surface area contributed by atoms with Crippen molar-refractivity contribution in [1.29, 1.82) is 0 Å². The first kappa shape index (κ1) is 25.4. The molecule has 2 aromatic rings. The van der Waals surface area contributed by atoms with E-state index in [1.807, 2.05) is 24.9 Å². The third-order valence-electron chi connectivity index (χ3n) is 6.63. The standard InChI is InChI=1S/C24H32ClN5O5/c1-17-12-19(4-5-20(17)25)33-16-24(14-23(32)29-8-6-28(3)7-9-29)15-30(10-11-34-24)22(31)13-21-18(2)26-35-27-21/h4-5,12H,6-11,13-16H2,1-3H3/t24-/m0/s1. The van der Waals surface area contributed by atoms with E-state index >= 15 is 0 Å². The van der Waals surface area contributed by atoms with Gasteiger partial charge in [-0.25, -0.2) is 4.63 Å². The molecule has 0 unspecified atom stereocenters. The van der Waals surface area contributed by atoms with Gasteiger partial charge in [0.05, 0.1) is 26.0 Å². The molecule has 2 aliphatic rings. The summed E-state index contributed by atoms with van der Waals surface area (Å²) in [7, 11) is 2.05. The minimum Gasteiger partial charge on any atom is -0.490 e. The van der Waals surface area contributed by atoms with Crippen molar-refractivity contribution in [3.8, 4) is 5.75 Å². The Kier molecular flexibility index (Phi) is 7.93. The van der Waals surface area contributed by atoms with Crippen LogP contribution in [0.4, 0.5) is 0 Å². The van der Waals surface area contributed by atoms with E-state index in [4.69, 9.17) is 25.7 Å². The Morgan fingerprint density at radius 2 is 1.86 bits per heavy atom. The molecular weight excluding hydrogens is 474 g/mol. The number of amides is 2. The topological polar surface area (TPSA) is 101 Å². The molecule has 1 atom stereocenters. The van der Waals surface area contributed by atoms with Crippen molar-refractivity contribution in [2.45, 2.75) is 32.3 Å². The Hall–Kier alpha value is -2.69. The molecule has 0 N–H and O–H groups in total. The van der Waals surface area contributed by atoms with Gasteiger partial charge in [0.15, 0.2) is 0 Å². The van der Waals surface area contributed by atoms with Crippen molar-refractivity contribution in [3.63, 3.8) is 0 Å². The molecule has 0 radical (unpaired) electrons. The molecule has 2 amide bonds. The first-order valence-electron chi connectivity index (χ1n) is 11.8. The molecule has 190 valence electrons. The van der Waals surface area contributed by atoms with Crippen molar-refractivity contribution < 1.29 is 23.7 Å². The normalized spacial score (nSPS) is 21.3. The second-order valence-electron chi connectivity index (χ2n) is 9.38. The minimum absolute atomic E-state index is 0.000156. The lowest BCUT2D eigenvalue weighted by Gasteiger charge is -2.43. The third-order valence-corrected chi connectivity index (χ3v) is 7.05. The van der Waals surface area contributed by atoms with E-state index in [1.54, 1.807) is 24.0 Å². The van der Waals surface area contributed by atoms with Crippen LogP contribution in [0.5, 0.6) is 5.75 Å². The molecule has 0 spiro atoms. The average Bonchev–Trinajstić information content (AvgIpc) is 3.24. The molecule has 10 nitrogen and oxygen atoms in total. The number of aryl methyl sites for hydroxylation is 2. The van der Waals surface area contributed by atoms with Crippen molar-refractivity contribution in [2.75, 3.05) is 59.5 Å². The molecule has 1 aromatic carbocycles. The minimum atomic E-state index is -0.973. The van der Waals surface area contributed by atoms with Gasteiger partial charge in [-0.2, -0.15) is 0 Å². The maximum absolute atomic E-state index is 13.3. The monoisotopic (exact) mass is 505 g/mol. The number of halogens is 1. The van der Waals surface area contributed by atoms with Gasteiger partial charge in [-0.15, -0.1) is 0 Å². The van der Waals surface area contributed by atoms with Crippen molar-refractivity contribution in [3.05, 3.63) is 40.2 Å². The summed E-state index contributed by atoms with van der Waals surface area (Å²) in [6, 6.07) is 5.42. The van der Waals surface area contributed by atoms with Crippen LogP contribution in [0, 0.1) is 13.8 Å². The highest BCUT2D eigenvalue weighted by Crippen LogP contribution is 2.28. The van der Waals surface area contributed by atoms with E-state index in [-0.39, 0.29) is 37.8 Å². The van der Waals surface area contributed by atoms with Crippen LogP contribution in [-0.2, 0) is 20.7 Å². The van der Waals surface area contributed by atoms with Crippen molar-refractivity contribution in [1.82, 2.24) is 25.0 Å². The van der Waals surface area contributed by atoms with E-state index in [9.17, 15) is 9.59 Å². The molecule has 11 heteroatoms. The molecule has 0 aliphatic carbocycles. The van der Waals surface area contributed by atoms with Gasteiger partial charge in [0, 0.05) is 37.7 Å². The molecule has 2 saturated heterocycles. The summed E-state index contributed by atoms with van der Waals surface area (Å²) < 4.78 is 17.0. The average molecular weight is 506 g/mol. The fourth-order valence-electron chi connectivity index (χ4n) is 4.33. The molecule has 0 bridgehead atoms. The van der Waals surface area contributed by atoms with E-state index in [2.05, 4.69) is 15.2 Å². The number of nitrogens with zero attached hydrogens (tertiary/aromatic N) is 5. The van der Waals surface area contributed by atoms with Gasteiger partial charge in [0.25, 0.3) is 0 Å². The number of hydrogen-bond donors (Lipinski definition) is 0. The second-order valence-corrected chi connectivity index (χ2v) is 9.79. The summed E-state index contributed by atoms with van der Waals surface area (Å²) in [6.45, 7) is 7.75. The van der Waals surface area contributed by atoms with Crippen LogP contribution in [0.25, 0.3) is 0 Å². The highest BCUT2D eigenvalue weighted by molar-refractivity contribution is 6.31. The summed E-state index contributed by atoms with van der Waals surface area (Å²) in [4.78, 5) is 32.2. The van der Waals surface area contributed by atoms with E-state index in [0.717, 1.165) is 18.7 Å². The summed E-state index contributed by atoms with van der Waals surface area (Å²) in [5.74, 6) is 0.514. The zero-order valence-corrected chi connectivity index (χ0v) is 21.2. The number of ether oxygens (including phenoxy) is 2. The van der Waals surface area contributed by atoms with Crippen molar-refractivity contribution >= 4 is 23.4 Å². The Morgan fingerprint density at radius 1 is 1.09 bits per heavy atom. The number of piperazine rings is 1. The molecule has 0 saturated carbocycles. The number of hydrogen-bond acceptors (Lipinski definition) is 8. The number of rotatable bonds is 7. The number of likely N-dealkylation sites (N-methyl/N-ethyl adjacent to an activating group) is 1. The van der Waals surface area contributed by atoms with Gasteiger partial charge in [0.2, 0.25) is 11.8 Å². The number of aromatic nitrogens is 2. The highest BCUT2D eigenvalue weighted by Gasteiger charge is 2.42. The Bertz CT molecular complexity index is 1050. The van der Waals surface area contributed by atoms with E-state index < -0.39 is 5.60 Å². The summed E-state index contributed by atoms with van der Waals surface area (Å²) in [5.41, 5.74) is 1.02.